The molecule has 2 saturated heterocycles. The van der Waals surface area contributed by atoms with Gasteiger partial charge in [0.1, 0.15) is 0 Å². The van der Waals surface area contributed by atoms with E-state index in [0.29, 0.717) is 25.6 Å². The van der Waals surface area contributed by atoms with Gasteiger partial charge in [-0.15, -0.1) is 0 Å². The maximum Gasteiger partial charge on any atom is 0.303 e. The van der Waals surface area contributed by atoms with Gasteiger partial charge in [0.05, 0.1) is 6.54 Å². The molecular formula is C13H24N4O3. The highest BCUT2D eigenvalue weighted by Crippen LogP contribution is 2.09. The van der Waals surface area contributed by atoms with Gasteiger partial charge in [0, 0.05) is 58.3 Å². The van der Waals surface area contributed by atoms with E-state index < -0.39 is 5.97 Å². The van der Waals surface area contributed by atoms with Gasteiger partial charge in [-0.25, -0.2) is 0 Å². The Kier molecular flexibility index (Phi) is 5.75. The van der Waals surface area contributed by atoms with Gasteiger partial charge in [-0.2, -0.15) is 0 Å². The standard InChI is InChI=1S/C13H24N4O3/c18-12(15-3-1-2-13(19)20)10-16-4-6-17(7-5-16)11-8-14-9-11/h11,14H,1-10H2,(H,15,18)(H,19,20). The van der Waals surface area contributed by atoms with Crippen molar-refractivity contribution >= 4 is 11.9 Å². The average Bonchev–Trinajstić information content (AvgIpc) is 2.35. The van der Waals surface area contributed by atoms with Crippen molar-refractivity contribution in [2.24, 2.45) is 0 Å². The second kappa shape index (κ2) is 7.56. The lowest BCUT2D eigenvalue weighted by molar-refractivity contribution is -0.137. The number of aliphatic carboxylic acids is 1. The Morgan fingerprint density at radius 2 is 1.90 bits per heavy atom. The SMILES string of the molecule is O=C(O)CCCNC(=O)CN1CCN(C2CNC2)CC1. The van der Waals surface area contributed by atoms with Gasteiger partial charge in [-0.05, 0) is 6.42 Å². The van der Waals surface area contributed by atoms with Gasteiger partial charge >= 0.3 is 5.97 Å². The molecule has 2 rings (SSSR count). The molecule has 2 fully saturated rings. The molecule has 0 aliphatic carbocycles. The van der Waals surface area contributed by atoms with Crippen LogP contribution in [-0.4, -0.2) is 85.2 Å². The maximum absolute atomic E-state index is 11.7. The first-order valence-corrected chi connectivity index (χ1v) is 7.31. The molecule has 20 heavy (non-hydrogen) atoms. The Balaban J connectivity index is 1.55. The first-order valence-electron chi connectivity index (χ1n) is 7.31. The van der Waals surface area contributed by atoms with E-state index in [2.05, 4.69) is 20.4 Å². The van der Waals surface area contributed by atoms with E-state index in [9.17, 15) is 9.59 Å². The zero-order valence-electron chi connectivity index (χ0n) is 11.8. The summed E-state index contributed by atoms with van der Waals surface area (Å²) in [5.41, 5.74) is 0. The average molecular weight is 284 g/mol. The summed E-state index contributed by atoms with van der Waals surface area (Å²) >= 11 is 0. The third-order valence-corrected chi connectivity index (χ3v) is 3.94. The second-order valence-corrected chi connectivity index (χ2v) is 5.47. The molecule has 7 heteroatoms. The molecule has 2 aliphatic heterocycles. The van der Waals surface area contributed by atoms with Crippen LogP contribution >= 0.6 is 0 Å². The number of carboxylic acids is 1. The van der Waals surface area contributed by atoms with Crippen LogP contribution in [0.2, 0.25) is 0 Å². The zero-order chi connectivity index (χ0) is 14.4. The van der Waals surface area contributed by atoms with Gasteiger partial charge in [-0.1, -0.05) is 0 Å². The van der Waals surface area contributed by atoms with Crippen molar-refractivity contribution in [3.63, 3.8) is 0 Å². The van der Waals surface area contributed by atoms with Crippen molar-refractivity contribution in [2.75, 3.05) is 52.4 Å². The van der Waals surface area contributed by atoms with Crippen LogP contribution in [0.1, 0.15) is 12.8 Å². The molecule has 1 amide bonds. The first-order chi connectivity index (χ1) is 9.65. The second-order valence-electron chi connectivity index (χ2n) is 5.47. The Bertz CT molecular complexity index is 339. The van der Waals surface area contributed by atoms with Crippen LogP contribution < -0.4 is 10.6 Å². The molecule has 0 bridgehead atoms. The third kappa shape index (κ3) is 4.73. The number of amides is 1. The normalized spacial score (nSPS) is 21.4. The molecule has 0 atom stereocenters. The van der Waals surface area contributed by atoms with E-state index in [-0.39, 0.29) is 12.3 Å². The van der Waals surface area contributed by atoms with E-state index >= 15 is 0 Å². The molecule has 0 aromatic rings. The highest BCUT2D eigenvalue weighted by atomic mass is 16.4. The van der Waals surface area contributed by atoms with Crippen molar-refractivity contribution < 1.29 is 14.7 Å². The van der Waals surface area contributed by atoms with Crippen molar-refractivity contribution in [3.05, 3.63) is 0 Å². The molecule has 0 aromatic heterocycles. The number of nitrogens with zero attached hydrogens (tertiary/aromatic N) is 2. The zero-order valence-corrected chi connectivity index (χ0v) is 11.8. The summed E-state index contributed by atoms with van der Waals surface area (Å²) in [7, 11) is 0. The lowest BCUT2D eigenvalue weighted by Crippen LogP contribution is -2.62. The highest BCUT2D eigenvalue weighted by Gasteiger charge is 2.27. The summed E-state index contributed by atoms with van der Waals surface area (Å²) in [6.07, 6.45) is 0.595. The summed E-state index contributed by atoms with van der Waals surface area (Å²) in [6.45, 7) is 6.95. The monoisotopic (exact) mass is 284 g/mol. The summed E-state index contributed by atoms with van der Waals surface area (Å²) < 4.78 is 0. The molecule has 2 heterocycles. The smallest absolute Gasteiger partial charge is 0.303 e. The van der Waals surface area contributed by atoms with Gasteiger partial charge in [0.2, 0.25) is 5.91 Å². The van der Waals surface area contributed by atoms with E-state index in [1.807, 2.05) is 0 Å². The van der Waals surface area contributed by atoms with Crippen LogP contribution in [0.5, 0.6) is 0 Å². The Hall–Kier alpha value is -1.18. The van der Waals surface area contributed by atoms with Crippen molar-refractivity contribution in [1.29, 1.82) is 0 Å². The number of hydrogen-bond acceptors (Lipinski definition) is 5. The molecule has 0 aromatic carbocycles. The largest absolute Gasteiger partial charge is 0.481 e. The van der Waals surface area contributed by atoms with Gasteiger partial charge in [0.15, 0.2) is 0 Å². The number of piperazine rings is 1. The third-order valence-electron chi connectivity index (χ3n) is 3.94. The highest BCUT2D eigenvalue weighted by molar-refractivity contribution is 5.78. The number of carbonyl (C=O) groups excluding carboxylic acids is 1. The van der Waals surface area contributed by atoms with Crippen LogP contribution in [0.15, 0.2) is 0 Å². The summed E-state index contributed by atoms with van der Waals surface area (Å²) in [4.78, 5) is 26.7. The van der Waals surface area contributed by atoms with Crippen LogP contribution in [0.4, 0.5) is 0 Å². The Labute approximate surface area is 119 Å². The van der Waals surface area contributed by atoms with Crippen LogP contribution in [0, 0.1) is 0 Å². The minimum absolute atomic E-state index is 0.00542. The number of hydrogen-bond donors (Lipinski definition) is 3. The lowest BCUT2D eigenvalue weighted by Gasteiger charge is -2.43. The minimum Gasteiger partial charge on any atom is -0.481 e. The van der Waals surface area contributed by atoms with Gasteiger partial charge in [0.25, 0.3) is 0 Å². The van der Waals surface area contributed by atoms with E-state index in [0.717, 1.165) is 39.3 Å². The maximum atomic E-state index is 11.7. The first kappa shape index (κ1) is 15.2. The number of carbonyl (C=O) groups is 2. The van der Waals surface area contributed by atoms with Crippen LogP contribution in [0.3, 0.4) is 0 Å². The molecule has 0 spiro atoms. The molecule has 0 unspecified atom stereocenters. The fraction of sp³-hybridized carbons (Fsp3) is 0.846. The van der Waals surface area contributed by atoms with E-state index in [4.69, 9.17) is 5.11 Å². The number of carboxylic acid groups (broad SMARTS) is 1. The molecule has 3 N–H and O–H groups in total. The topological polar surface area (TPSA) is 84.9 Å². The van der Waals surface area contributed by atoms with Crippen LogP contribution in [-0.2, 0) is 9.59 Å². The van der Waals surface area contributed by atoms with Crippen molar-refractivity contribution in [2.45, 2.75) is 18.9 Å². The lowest BCUT2D eigenvalue weighted by atomic mass is 10.1. The quantitative estimate of drug-likeness (QED) is 0.496. The van der Waals surface area contributed by atoms with E-state index in [1.54, 1.807) is 0 Å². The van der Waals surface area contributed by atoms with Crippen LogP contribution in [0.25, 0.3) is 0 Å². The molecule has 0 saturated carbocycles. The molecule has 114 valence electrons. The molecule has 7 nitrogen and oxygen atoms in total. The van der Waals surface area contributed by atoms with Crippen molar-refractivity contribution in [3.8, 4) is 0 Å². The number of nitrogens with one attached hydrogen (secondary N) is 2. The predicted molar refractivity (Wildman–Crippen MR) is 74.6 cm³/mol. The fourth-order valence-electron chi connectivity index (χ4n) is 2.54. The molecule has 2 aliphatic rings. The summed E-state index contributed by atoms with van der Waals surface area (Å²) in [6, 6.07) is 0.682. The van der Waals surface area contributed by atoms with Crippen molar-refractivity contribution in [1.82, 2.24) is 20.4 Å². The summed E-state index contributed by atoms with van der Waals surface area (Å²) in [5.74, 6) is -0.824. The van der Waals surface area contributed by atoms with E-state index in [1.165, 1.54) is 0 Å². The minimum atomic E-state index is -0.819. The molecule has 0 radical (unpaired) electrons. The Morgan fingerprint density at radius 1 is 1.20 bits per heavy atom. The van der Waals surface area contributed by atoms with Gasteiger partial charge in [-0.3, -0.25) is 19.4 Å². The van der Waals surface area contributed by atoms with Gasteiger partial charge < -0.3 is 15.7 Å². The molecular weight excluding hydrogens is 260 g/mol. The fourth-order valence-corrected chi connectivity index (χ4v) is 2.54. The Morgan fingerprint density at radius 3 is 2.45 bits per heavy atom. The number of rotatable bonds is 7. The summed E-state index contributed by atoms with van der Waals surface area (Å²) in [5, 5.41) is 14.6. The predicted octanol–water partition coefficient (Wildman–Crippen LogP) is -1.44.